The second kappa shape index (κ2) is 4.49. The van der Waals surface area contributed by atoms with E-state index in [1.165, 1.54) is 44.1 Å². The van der Waals surface area contributed by atoms with Gasteiger partial charge in [0.1, 0.15) is 17.7 Å². The van der Waals surface area contributed by atoms with E-state index in [0.29, 0.717) is 11.5 Å². The van der Waals surface area contributed by atoms with Gasteiger partial charge in [-0.25, -0.2) is 0 Å². The predicted octanol–water partition coefficient (Wildman–Crippen LogP) is 3.32. The van der Waals surface area contributed by atoms with Gasteiger partial charge in [0.05, 0.1) is 0 Å². The summed E-state index contributed by atoms with van der Waals surface area (Å²) in [6, 6.07) is 4.15. The van der Waals surface area contributed by atoms with Gasteiger partial charge in [-0.2, -0.15) is 10.5 Å². The van der Waals surface area contributed by atoms with Gasteiger partial charge in [-0.05, 0) is 49.5 Å². The molecule has 2 saturated carbocycles. The van der Waals surface area contributed by atoms with Gasteiger partial charge in [-0.3, -0.25) is 0 Å². The van der Waals surface area contributed by atoms with Crippen LogP contribution >= 0.6 is 0 Å². The SMILES string of the molecule is N#CC(C#N)=C1CCC[C@H]2CCCC[C@@H]12. The third-order valence-electron chi connectivity index (χ3n) is 3.92. The Morgan fingerprint density at radius 3 is 2.40 bits per heavy atom. The summed E-state index contributed by atoms with van der Waals surface area (Å²) in [6.45, 7) is 0. The van der Waals surface area contributed by atoms with E-state index < -0.39 is 0 Å². The van der Waals surface area contributed by atoms with Crippen LogP contribution < -0.4 is 0 Å². The molecule has 2 fully saturated rings. The van der Waals surface area contributed by atoms with E-state index in [0.717, 1.165) is 12.3 Å². The highest BCUT2D eigenvalue weighted by molar-refractivity contribution is 5.42. The first-order valence-electron chi connectivity index (χ1n) is 5.90. The highest BCUT2D eigenvalue weighted by atomic mass is 14.4. The number of hydrogen-bond donors (Lipinski definition) is 0. The Kier molecular flexibility index (Phi) is 3.07. The summed E-state index contributed by atoms with van der Waals surface area (Å²) in [6.07, 6.45) is 8.57. The van der Waals surface area contributed by atoms with Crippen molar-refractivity contribution in [3.63, 3.8) is 0 Å². The van der Waals surface area contributed by atoms with E-state index in [4.69, 9.17) is 10.5 Å². The molecule has 0 amide bonds. The predicted molar refractivity (Wildman–Crippen MR) is 57.6 cm³/mol. The maximum Gasteiger partial charge on any atom is 0.129 e. The molecule has 0 radical (unpaired) electrons. The van der Waals surface area contributed by atoms with Gasteiger partial charge in [0, 0.05) is 0 Å². The molecule has 2 aliphatic rings. The average molecular weight is 200 g/mol. The topological polar surface area (TPSA) is 47.6 Å². The minimum absolute atomic E-state index is 0.409. The molecule has 2 heteroatoms. The van der Waals surface area contributed by atoms with Crippen molar-refractivity contribution in [2.75, 3.05) is 0 Å². The second-order valence-electron chi connectivity index (χ2n) is 4.67. The highest BCUT2D eigenvalue weighted by Crippen LogP contribution is 2.44. The zero-order valence-corrected chi connectivity index (χ0v) is 9.00. The zero-order chi connectivity index (χ0) is 10.7. The van der Waals surface area contributed by atoms with E-state index in [1.807, 2.05) is 0 Å². The molecule has 2 atom stereocenters. The molecule has 78 valence electrons. The molecule has 0 aromatic heterocycles. The van der Waals surface area contributed by atoms with Crippen molar-refractivity contribution in [2.45, 2.75) is 44.9 Å². The van der Waals surface area contributed by atoms with E-state index in [1.54, 1.807) is 0 Å². The molecule has 0 bridgehead atoms. The van der Waals surface area contributed by atoms with Gasteiger partial charge in [0.2, 0.25) is 0 Å². The van der Waals surface area contributed by atoms with Crippen molar-refractivity contribution in [1.29, 1.82) is 10.5 Å². The maximum absolute atomic E-state index is 8.94. The van der Waals surface area contributed by atoms with Crippen LogP contribution in [0.4, 0.5) is 0 Å². The molecule has 2 rings (SSSR count). The van der Waals surface area contributed by atoms with Crippen LogP contribution in [0.15, 0.2) is 11.1 Å². The van der Waals surface area contributed by atoms with Gasteiger partial charge < -0.3 is 0 Å². The van der Waals surface area contributed by atoms with Crippen LogP contribution in [0, 0.1) is 34.5 Å². The first-order valence-corrected chi connectivity index (χ1v) is 5.90. The van der Waals surface area contributed by atoms with Gasteiger partial charge in [0.25, 0.3) is 0 Å². The Morgan fingerprint density at radius 2 is 1.67 bits per heavy atom. The molecule has 0 saturated heterocycles. The van der Waals surface area contributed by atoms with Crippen molar-refractivity contribution in [3.8, 4) is 12.1 Å². The maximum atomic E-state index is 8.94. The lowest BCUT2D eigenvalue weighted by atomic mass is 9.67. The van der Waals surface area contributed by atoms with Crippen LogP contribution in [-0.2, 0) is 0 Å². The van der Waals surface area contributed by atoms with Crippen molar-refractivity contribution in [1.82, 2.24) is 0 Å². The Balaban J connectivity index is 2.29. The Morgan fingerprint density at radius 1 is 1.00 bits per heavy atom. The monoisotopic (exact) mass is 200 g/mol. The third kappa shape index (κ3) is 1.90. The molecular weight excluding hydrogens is 184 g/mol. The van der Waals surface area contributed by atoms with Crippen molar-refractivity contribution in [2.24, 2.45) is 11.8 Å². The molecular formula is C13H16N2. The molecule has 15 heavy (non-hydrogen) atoms. The lowest BCUT2D eigenvalue weighted by Crippen LogP contribution is -2.26. The van der Waals surface area contributed by atoms with Crippen LogP contribution in [-0.4, -0.2) is 0 Å². The summed E-state index contributed by atoms with van der Waals surface area (Å²) in [5.41, 5.74) is 1.59. The third-order valence-corrected chi connectivity index (χ3v) is 3.92. The van der Waals surface area contributed by atoms with Crippen LogP contribution in [0.25, 0.3) is 0 Å². The molecule has 0 unspecified atom stereocenters. The number of hydrogen-bond acceptors (Lipinski definition) is 2. The zero-order valence-electron chi connectivity index (χ0n) is 9.00. The Bertz CT molecular complexity index is 336. The second-order valence-corrected chi connectivity index (χ2v) is 4.67. The number of fused-ring (bicyclic) bond motifs is 1. The van der Waals surface area contributed by atoms with Crippen molar-refractivity contribution < 1.29 is 0 Å². The summed E-state index contributed by atoms with van der Waals surface area (Å²) >= 11 is 0. The molecule has 0 aromatic carbocycles. The first kappa shape index (κ1) is 10.2. The standard InChI is InChI=1S/C13H16N2/c14-8-11(9-15)13-7-3-5-10-4-1-2-6-12(10)13/h10,12H,1-7H2/t10-,12-/m1/s1. The van der Waals surface area contributed by atoms with Gasteiger partial charge >= 0.3 is 0 Å². The fraction of sp³-hybridized carbons (Fsp3) is 0.692. The number of nitriles is 2. The number of rotatable bonds is 0. The Hall–Kier alpha value is -1.28. The largest absolute Gasteiger partial charge is 0.192 e. The lowest BCUT2D eigenvalue weighted by Gasteiger charge is -2.37. The highest BCUT2D eigenvalue weighted by Gasteiger charge is 2.32. The molecule has 0 aromatic rings. The molecule has 0 N–H and O–H groups in total. The van der Waals surface area contributed by atoms with E-state index >= 15 is 0 Å². The first-order chi connectivity index (χ1) is 7.36. The minimum Gasteiger partial charge on any atom is -0.192 e. The van der Waals surface area contributed by atoms with Gasteiger partial charge in [-0.15, -0.1) is 0 Å². The Labute approximate surface area is 91.2 Å². The average Bonchev–Trinajstić information content (AvgIpc) is 2.31. The van der Waals surface area contributed by atoms with Crippen LogP contribution in [0.1, 0.15) is 44.9 Å². The summed E-state index contributed by atoms with van der Waals surface area (Å²) in [7, 11) is 0. The van der Waals surface area contributed by atoms with Crippen LogP contribution in [0.5, 0.6) is 0 Å². The van der Waals surface area contributed by atoms with Crippen molar-refractivity contribution in [3.05, 3.63) is 11.1 Å². The van der Waals surface area contributed by atoms with E-state index in [-0.39, 0.29) is 0 Å². The van der Waals surface area contributed by atoms with Crippen molar-refractivity contribution >= 4 is 0 Å². The molecule has 2 nitrogen and oxygen atoms in total. The molecule has 0 heterocycles. The number of allylic oxidation sites excluding steroid dienone is 2. The smallest absolute Gasteiger partial charge is 0.129 e. The summed E-state index contributed by atoms with van der Waals surface area (Å²) in [5, 5.41) is 17.9. The molecule has 0 aliphatic heterocycles. The lowest BCUT2D eigenvalue weighted by molar-refractivity contribution is 0.222. The fourth-order valence-corrected chi connectivity index (χ4v) is 3.23. The van der Waals surface area contributed by atoms with Gasteiger partial charge in [0.15, 0.2) is 0 Å². The normalized spacial score (nSPS) is 29.9. The van der Waals surface area contributed by atoms with E-state index in [2.05, 4.69) is 12.1 Å². The molecule has 0 spiro atoms. The number of nitrogens with zero attached hydrogens (tertiary/aromatic N) is 2. The van der Waals surface area contributed by atoms with E-state index in [9.17, 15) is 0 Å². The summed E-state index contributed by atoms with van der Waals surface area (Å²) in [4.78, 5) is 0. The fourth-order valence-electron chi connectivity index (χ4n) is 3.23. The van der Waals surface area contributed by atoms with Crippen LogP contribution in [0.2, 0.25) is 0 Å². The molecule has 2 aliphatic carbocycles. The van der Waals surface area contributed by atoms with Gasteiger partial charge in [-0.1, -0.05) is 12.8 Å². The minimum atomic E-state index is 0.409. The summed E-state index contributed by atoms with van der Waals surface area (Å²) < 4.78 is 0. The summed E-state index contributed by atoms with van der Waals surface area (Å²) in [5.74, 6) is 1.32. The van der Waals surface area contributed by atoms with Crippen LogP contribution in [0.3, 0.4) is 0 Å². The quantitative estimate of drug-likeness (QED) is 0.563.